The Bertz CT molecular complexity index is 966. The number of phosphoric ester groups is 1. The van der Waals surface area contributed by atoms with E-state index in [0.29, 0.717) is 17.0 Å². The number of phosphoric acid groups is 1. The van der Waals surface area contributed by atoms with Gasteiger partial charge in [0, 0.05) is 23.5 Å². The third-order valence-electron chi connectivity index (χ3n) is 4.40. The molecule has 0 aliphatic rings. The van der Waals surface area contributed by atoms with Crippen molar-refractivity contribution in [2.75, 3.05) is 12.4 Å². The molecule has 0 aliphatic carbocycles. The van der Waals surface area contributed by atoms with E-state index in [-0.39, 0.29) is 23.8 Å². The number of aryl methyl sites for hydroxylation is 2. The van der Waals surface area contributed by atoms with Crippen LogP contribution >= 0.6 is 7.82 Å². The normalized spacial score (nSPS) is 11.8. The number of amides is 1. The summed E-state index contributed by atoms with van der Waals surface area (Å²) in [6.45, 7) is 7.16. The third kappa shape index (κ3) is 5.97. The Morgan fingerprint density at radius 3 is 2.38 bits per heavy atom. The quantitative estimate of drug-likeness (QED) is 0.499. The zero-order valence-electron chi connectivity index (χ0n) is 17.0. The fourth-order valence-corrected chi connectivity index (χ4v) is 3.87. The number of ether oxygens (including phenoxy) is 1. The van der Waals surface area contributed by atoms with Crippen molar-refractivity contribution in [1.82, 2.24) is 0 Å². The van der Waals surface area contributed by atoms with Crippen LogP contribution in [-0.4, -0.2) is 27.9 Å². The van der Waals surface area contributed by atoms with Gasteiger partial charge in [-0.2, -0.15) is 0 Å². The van der Waals surface area contributed by atoms with Gasteiger partial charge < -0.3 is 19.7 Å². The van der Waals surface area contributed by atoms with Gasteiger partial charge in [-0.25, -0.2) is 4.57 Å². The van der Waals surface area contributed by atoms with Crippen molar-refractivity contribution in [2.45, 2.75) is 39.5 Å². The number of hydrogen-bond donors (Lipinski definition) is 4. The molecule has 0 fully saturated rings. The SMILES string of the molecule is COc1ccc(O)cc1NC(=O)CC(C)(C)c1c(C)cc(C)cc1OP(=O)(O)O. The Kier molecular flexibility index (Phi) is 6.63. The molecule has 4 N–H and O–H groups in total. The van der Waals surface area contributed by atoms with Crippen LogP contribution < -0.4 is 14.6 Å². The van der Waals surface area contributed by atoms with Gasteiger partial charge in [0.1, 0.15) is 17.2 Å². The molecule has 0 aliphatic heterocycles. The van der Waals surface area contributed by atoms with Gasteiger partial charge in [0.2, 0.25) is 5.91 Å². The fourth-order valence-electron chi connectivity index (χ4n) is 3.47. The van der Waals surface area contributed by atoms with E-state index in [9.17, 15) is 24.3 Å². The second-order valence-corrected chi connectivity index (χ2v) is 8.69. The van der Waals surface area contributed by atoms with Crippen LogP contribution in [0.5, 0.6) is 17.2 Å². The highest BCUT2D eigenvalue weighted by Gasteiger charge is 2.32. The number of phenolic OH excluding ortho intramolecular Hbond substituents is 1. The predicted molar refractivity (Wildman–Crippen MR) is 110 cm³/mol. The van der Waals surface area contributed by atoms with Crippen LogP contribution in [0.4, 0.5) is 5.69 Å². The van der Waals surface area contributed by atoms with Crippen molar-refractivity contribution in [3.05, 3.63) is 47.0 Å². The molecule has 0 unspecified atom stereocenters. The molecule has 0 bridgehead atoms. The number of nitrogens with one attached hydrogen (secondary N) is 1. The topological polar surface area (TPSA) is 125 Å². The highest BCUT2D eigenvalue weighted by atomic mass is 31.2. The lowest BCUT2D eigenvalue weighted by Gasteiger charge is -2.29. The van der Waals surface area contributed by atoms with Crippen LogP contribution in [0.25, 0.3) is 0 Å². The van der Waals surface area contributed by atoms with Crippen LogP contribution in [0.2, 0.25) is 0 Å². The number of aromatic hydroxyl groups is 1. The minimum Gasteiger partial charge on any atom is -0.508 e. The Hall–Kier alpha value is -2.54. The van der Waals surface area contributed by atoms with Crippen molar-refractivity contribution in [3.63, 3.8) is 0 Å². The molecule has 0 saturated carbocycles. The van der Waals surface area contributed by atoms with Gasteiger partial charge in [0.05, 0.1) is 12.8 Å². The van der Waals surface area contributed by atoms with Gasteiger partial charge in [0.15, 0.2) is 0 Å². The maximum atomic E-state index is 12.7. The highest BCUT2D eigenvalue weighted by Crippen LogP contribution is 2.45. The molecule has 9 heteroatoms. The molecule has 2 rings (SSSR count). The lowest BCUT2D eigenvalue weighted by Crippen LogP contribution is -2.27. The number of hydrogen-bond acceptors (Lipinski definition) is 5. The smallest absolute Gasteiger partial charge is 0.508 e. The Morgan fingerprint density at radius 2 is 1.79 bits per heavy atom. The molecule has 158 valence electrons. The number of carbonyl (C=O) groups is 1. The van der Waals surface area contributed by atoms with Gasteiger partial charge in [-0.15, -0.1) is 0 Å². The van der Waals surface area contributed by atoms with Gasteiger partial charge in [-0.3, -0.25) is 14.6 Å². The van der Waals surface area contributed by atoms with Crippen LogP contribution in [0.3, 0.4) is 0 Å². The lowest BCUT2D eigenvalue weighted by molar-refractivity contribution is -0.117. The molecule has 0 atom stereocenters. The summed E-state index contributed by atoms with van der Waals surface area (Å²) in [5.41, 5.74) is 1.57. The number of anilines is 1. The van der Waals surface area contributed by atoms with E-state index in [2.05, 4.69) is 5.32 Å². The monoisotopic (exact) mass is 423 g/mol. The summed E-state index contributed by atoms with van der Waals surface area (Å²) in [5.74, 6) is 0.0580. The zero-order chi connectivity index (χ0) is 22.0. The van der Waals surface area contributed by atoms with Crippen molar-refractivity contribution in [2.24, 2.45) is 0 Å². The Labute approximate surface area is 169 Å². The standard InChI is InChI=1S/C20H26NO7P/c1-12-8-13(2)19(17(9-12)28-29(24,25)26)20(3,4)11-18(23)21-15-10-14(22)6-7-16(15)27-5/h6-10,22H,11H2,1-5H3,(H,21,23)(H2,24,25,26). The van der Waals surface area contributed by atoms with E-state index in [1.165, 1.54) is 25.3 Å². The second-order valence-electron chi connectivity index (χ2n) is 7.53. The van der Waals surface area contributed by atoms with Crippen molar-refractivity contribution < 1.29 is 33.5 Å². The number of methoxy groups -OCH3 is 1. The number of benzene rings is 2. The van der Waals surface area contributed by atoms with E-state index in [0.717, 1.165) is 11.1 Å². The van der Waals surface area contributed by atoms with Gasteiger partial charge in [0.25, 0.3) is 0 Å². The Balaban J connectivity index is 2.35. The van der Waals surface area contributed by atoms with Crippen molar-refractivity contribution in [1.29, 1.82) is 0 Å². The summed E-state index contributed by atoms with van der Waals surface area (Å²) < 4.78 is 21.5. The van der Waals surface area contributed by atoms with E-state index in [1.54, 1.807) is 33.8 Å². The van der Waals surface area contributed by atoms with Gasteiger partial charge in [-0.05, 0) is 43.2 Å². The average molecular weight is 423 g/mol. The Morgan fingerprint density at radius 1 is 1.14 bits per heavy atom. The number of carbonyl (C=O) groups excluding carboxylic acids is 1. The number of rotatable bonds is 7. The minimum atomic E-state index is -4.77. The maximum Gasteiger partial charge on any atom is 0.524 e. The summed E-state index contributed by atoms with van der Waals surface area (Å²) in [7, 11) is -3.32. The first kappa shape index (κ1) is 22.7. The summed E-state index contributed by atoms with van der Waals surface area (Å²) in [5, 5.41) is 12.4. The predicted octanol–water partition coefficient (Wildman–Crippen LogP) is 3.80. The van der Waals surface area contributed by atoms with E-state index in [1.807, 2.05) is 6.07 Å². The third-order valence-corrected chi connectivity index (χ3v) is 4.83. The lowest BCUT2D eigenvalue weighted by atomic mass is 9.78. The molecule has 1 amide bonds. The maximum absolute atomic E-state index is 12.7. The molecule has 0 aromatic heterocycles. The first-order valence-electron chi connectivity index (χ1n) is 8.86. The van der Waals surface area contributed by atoms with Crippen LogP contribution in [0.15, 0.2) is 30.3 Å². The largest absolute Gasteiger partial charge is 0.524 e. The molecular formula is C20H26NO7P. The van der Waals surface area contributed by atoms with Gasteiger partial charge >= 0.3 is 7.82 Å². The van der Waals surface area contributed by atoms with Crippen LogP contribution in [-0.2, 0) is 14.8 Å². The van der Waals surface area contributed by atoms with E-state index in [4.69, 9.17) is 9.26 Å². The highest BCUT2D eigenvalue weighted by molar-refractivity contribution is 7.46. The molecule has 8 nitrogen and oxygen atoms in total. The minimum absolute atomic E-state index is 0.00672. The zero-order valence-corrected chi connectivity index (χ0v) is 17.9. The fraction of sp³-hybridized carbons (Fsp3) is 0.350. The summed E-state index contributed by atoms with van der Waals surface area (Å²) in [6, 6.07) is 7.76. The first-order valence-corrected chi connectivity index (χ1v) is 10.4. The molecule has 0 heterocycles. The number of phenols is 1. The average Bonchev–Trinajstić information content (AvgIpc) is 2.51. The molecule has 0 saturated heterocycles. The van der Waals surface area contributed by atoms with Crippen molar-refractivity contribution in [3.8, 4) is 17.2 Å². The molecule has 29 heavy (non-hydrogen) atoms. The molecule has 2 aromatic carbocycles. The van der Waals surface area contributed by atoms with E-state index < -0.39 is 13.2 Å². The summed E-state index contributed by atoms with van der Waals surface area (Å²) in [6.07, 6.45) is -0.00672. The molecule has 2 aromatic rings. The summed E-state index contributed by atoms with van der Waals surface area (Å²) >= 11 is 0. The second kappa shape index (κ2) is 8.45. The molecule has 0 spiro atoms. The van der Waals surface area contributed by atoms with Crippen LogP contribution in [0.1, 0.15) is 37.0 Å². The molecular weight excluding hydrogens is 397 g/mol. The molecule has 0 radical (unpaired) electrons. The van der Waals surface area contributed by atoms with Crippen molar-refractivity contribution >= 4 is 19.4 Å². The van der Waals surface area contributed by atoms with E-state index >= 15 is 0 Å². The first-order chi connectivity index (χ1) is 13.3. The van der Waals surface area contributed by atoms with Crippen LogP contribution in [0, 0.1) is 13.8 Å². The van der Waals surface area contributed by atoms with Gasteiger partial charge in [-0.1, -0.05) is 19.9 Å². The summed E-state index contributed by atoms with van der Waals surface area (Å²) in [4.78, 5) is 31.3.